The maximum absolute atomic E-state index is 12.6. The summed E-state index contributed by atoms with van der Waals surface area (Å²) < 4.78 is 6.67. The number of carboxylic acid groups (broad SMARTS) is 1. The summed E-state index contributed by atoms with van der Waals surface area (Å²) in [6.07, 6.45) is 1.72. The molecule has 9 nitrogen and oxygen atoms in total. The zero-order chi connectivity index (χ0) is 20.8. The van der Waals surface area contributed by atoms with Gasteiger partial charge in [-0.1, -0.05) is 29.8 Å². The molecule has 3 rings (SSSR count). The molecule has 3 aromatic rings. The Balaban J connectivity index is 1.72. The van der Waals surface area contributed by atoms with Crippen molar-refractivity contribution in [1.29, 1.82) is 0 Å². The Bertz CT molecular complexity index is 1000. The monoisotopic (exact) mass is 395 g/mol. The van der Waals surface area contributed by atoms with Crippen LogP contribution in [-0.4, -0.2) is 50.8 Å². The van der Waals surface area contributed by atoms with E-state index in [1.165, 1.54) is 18.1 Å². The minimum Gasteiger partial charge on any atom is -0.494 e. The van der Waals surface area contributed by atoms with Crippen LogP contribution < -0.4 is 10.1 Å². The topological polar surface area (TPSA) is 119 Å². The fraction of sp³-hybridized carbons (Fsp3) is 0.250. The number of carbonyl (C=O) groups is 2. The average Bonchev–Trinajstić information content (AvgIpc) is 3.25. The lowest BCUT2D eigenvalue weighted by Crippen LogP contribution is -2.34. The summed E-state index contributed by atoms with van der Waals surface area (Å²) in [6, 6.07) is 12.5. The molecule has 0 saturated carbocycles. The molecule has 0 aliphatic carbocycles. The first-order valence-corrected chi connectivity index (χ1v) is 8.96. The third-order valence-corrected chi connectivity index (χ3v) is 4.46. The molecule has 1 aromatic heterocycles. The molecule has 0 bridgehead atoms. The van der Waals surface area contributed by atoms with E-state index >= 15 is 0 Å². The third-order valence-electron chi connectivity index (χ3n) is 4.46. The van der Waals surface area contributed by atoms with Crippen LogP contribution in [-0.2, 0) is 11.2 Å². The van der Waals surface area contributed by atoms with Crippen molar-refractivity contribution in [2.24, 2.45) is 5.92 Å². The maximum atomic E-state index is 12.6. The fourth-order valence-corrected chi connectivity index (χ4v) is 2.97. The molecular weight excluding hydrogens is 374 g/mol. The van der Waals surface area contributed by atoms with Gasteiger partial charge in [0.25, 0.3) is 5.91 Å². The number of benzene rings is 2. The van der Waals surface area contributed by atoms with E-state index in [4.69, 9.17) is 4.74 Å². The molecule has 2 aromatic carbocycles. The highest BCUT2D eigenvalue weighted by molar-refractivity contribution is 5.95. The van der Waals surface area contributed by atoms with Gasteiger partial charge in [-0.05, 0) is 47.5 Å². The molecule has 1 unspecified atom stereocenters. The Hall–Kier alpha value is -3.75. The molecular formula is C20H21N5O4. The number of hydrogen-bond donors (Lipinski definition) is 2. The molecule has 1 amide bonds. The van der Waals surface area contributed by atoms with Crippen LogP contribution in [0.5, 0.6) is 5.75 Å². The summed E-state index contributed by atoms with van der Waals surface area (Å²) in [5.74, 6) is -1.59. The lowest BCUT2D eigenvalue weighted by Gasteiger charge is -2.15. The number of methoxy groups -OCH3 is 1. The Kier molecular flexibility index (Phi) is 6.18. The standard InChI is InChI=1S/C20H21N5O4/c1-13-4-3-5-14(8-13)9-16(20(27)28)11-21-19(26)15-6-7-18(29-2)17(10-15)25-12-22-23-24-25/h3-8,10,12,16H,9,11H2,1-2H3,(H,21,26)(H,27,28). The van der Waals surface area contributed by atoms with Gasteiger partial charge in [0.05, 0.1) is 13.0 Å². The van der Waals surface area contributed by atoms with E-state index in [1.54, 1.807) is 18.2 Å². The second-order valence-corrected chi connectivity index (χ2v) is 6.58. The summed E-state index contributed by atoms with van der Waals surface area (Å²) in [6.45, 7) is 1.96. The van der Waals surface area contributed by atoms with E-state index in [2.05, 4.69) is 20.8 Å². The average molecular weight is 395 g/mol. The molecule has 0 saturated heterocycles. The molecule has 0 radical (unpaired) electrons. The Morgan fingerprint density at radius 3 is 2.72 bits per heavy atom. The summed E-state index contributed by atoms with van der Waals surface area (Å²) in [4.78, 5) is 24.2. The second kappa shape index (κ2) is 8.96. The lowest BCUT2D eigenvalue weighted by molar-refractivity contribution is -0.141. The minimum atomic E-state index is -0.962. The van der Waals surface area contributed by atoms with Crippen LogP contribution in [0.15, 0.2) is 48.8 Å². The molecule has 9 heteroatoms. The molecule has 0 spiro atoms. The van der Waals surface area contributed by atoms with E-state index in [0.29, 0.717) is 23.4 Å². The Morgan fingerprint density at radius 1 is 1.24 bits per heavy atom. The molecule has 1 heterocycles. The highest BCUT2D eigenvalue weighted by Crippen LogP contribution is 2.23. The third kappa shape index (κ3) is 4.95. The normalized spacial score (nSPS) is 11.7. The van der Waals surface area contributed by atoms with Gasteiger partial charge in [-0.3, -0.25) is 9.59 Å². The van der Waals surface area contributed by atoms with Gasteiger partial charge in [0.2, 0.25) is 0 Å². The molecule has 150 valence electrons. The number of carboxylic acids is 1. The first-order chi connectivity index (χ1) is 14.0. The number of carbonyl (C=O) groups excluding carboxylic acids is 1. The highest BCUT2D eigenvalue weighted by atomic mass is 16.5. The molecule has 2 N–H and O–H groups in total. The molecule has 1 atom stereocenters. The molecule has 29 heavy (non-hydrogen) atoms. The van der Waals surface area contributed by atoms with Crippen LogP contribution >= 0.6 is 0 Å². The number of hydrogen-bond acceptors (Lipinski definition) is 6. The van der Waals surface area contributed by atoms with Crippen LogP contribution in [0.3, 0.4) is 0 Å². The van der Waals surface area contributed by atoms with Crippen molar-refractivity contribution < 1.29 is 19.4 Å². The van der Waals surface area contributed by atoms with Crippen molar-refractivity contribution in [2.45, 2.75) is 13.3 Å². The zero-order valence-corrected chi connectivity index (χ0v) is 16.1. The first kappa shape index (κ1) is 20.0. The van der Waals surface area contributed by atoms with Crippen LogP contribution in [0, 0.1) is 12.8 Å². The number of ether oxygens (including phenoxy) is 1. The van der Waals surface area contributed by atoms with Crippen molar-refractivity contribution in [3.8, 4) is 11.4 Å². The van der Waals surface area contributed by atoms with E-state index in [1.807, 2.05) is 31.2 Å². The van der Waals surface area contributed by atoms with Gasteiger partial charge in [0.1, 0.15) is 17.8 Å². The number of aromatic nitrogens is 4. The van der Waals surface area contributed by atoms with Gasteiger partial charge in [-0.15, -0.1) is 5.10 Å². The number of rotatable bonds is 8. The summed E-state index contributed by atoms with van der Waals surface area (Å²) in [5.41, 5.74) is 2.82. The van der Waals surface area contributed by atoms with E-state index in [9.17, 15) is 14.7 Å². The van der Waals surface area contributed by atoms with Crippen molar-refractivity contribution in [2.75, 3.05) is 13.7 Å². The first-order valence-electron chi connectivity index (χ1n) is 8.96. The van der Waals surface area contributed by atoms with Crippen LogP contribution in [0.4, 0.5) is 0 Å². The van der Waals surface area contributed by atoms with E-state index in [0.717, 1.165) is 11.1 Å². The highest BCUT2D eigenvalue weighted by Gasteiger charge is 2.20. The number of aryl methyl sites for hydroxylation is 1. The number of tetrazole rings is 1. The SMILES string of the molecule is COc1ccc(C(=O)NCC(Cc2cccc(C)c2)C(=O)O)cc1-n1cnnn1. The largest absolute Gasteiger partial charge is 0.494 e. The zero-order valence-electron chi connectivity index (χ0n) is 16.1. The maximum Gasteiger partial charge on any atom is 0.308 e. The van der Waals surface area contributed by atoms with Gasteiger partial charge in [0, 0.05) is 12.1 Å². The Morgan fingerprint density at radius 2 is 2.07 bits per heavy atom. The number of amides is 1. The molecule has 0 aliphatic rings. The van der Waals surface area contributed by atoms with E-state index in [-0.39, 0.29) is 6.54 Å². The fourth-order valence-electron chi connectivity index (χ4n) is 2.97. The van der Waals surface area contributed by atoms with Crippen molar-refractivity contribution in [1.82, 2.24) is 25.5 Å². The summed E-state index contributed by atoms with van der Waals surface area (Å²) in [7, 11) is 1.51. The van der Waals surface area contributed by atoms with Gasteiger partial charge in [0.15, 0.2) is 0 Å². The number of nitrogens with zero attached hydrogens (tertiary/aromatic N) is 4. The lowest BCUT2D eigenvalue weighted by atomic mass is 9.98. The predicted octanol–water partition coefficient (Wildman–Crippen LogP) is 1.65. The Labute approximate surface area is 167 Å². The van der Waals surface area contributed by atoms with Crippen molar-refractivity contribution in [3.63, 3.8) is 0 Å². The quantitative estimate of drug-likeness (QED) is 0.595. The van der Waals surface area contributed by atoms with Crippen LogP contribution in [0.25, 0.3) is 5.69 Å². The van der Waals surface area contributed by atoms with Gasteiger partial charge < -0.3 is 15.2 Å². The minimum absolute atomic E-state index is 0.00829. The smallest absolute Gasteiger partial charge is 0.308 e. The van der Waals surface area contributed by atoms with Crippen LogP contribution in [0.1, 0.15) is 21.5 Å². The molecule has 0 fully saturated rings. The second-order valence-electron chi connectivity index (χ2n) is 6.58. The van der Waals surface area contributed by atoms with Gasteiger partial charge >= 0.3 is 5.97 Å². The van der Waals surface area contributed by atoms with Gasteiger partial charge in [-0.25, -0.2) is 0 Å². The summed E-state index contributed by atoms with van der Waals surface area (Å²) in [5, 5.41) is 23.2. The number of aliphatic carboxylic acids is 1. The predicted molar refractivity (Wildman–Crippen MR) is 104 cm³/mol. The van der Waals surface area contributed by atoms with Crippen molar-refractivity contribution >= 4 is 11.9 Å². The van der Waals surface area contributed by atoms with E-state index < -0.39 is 17.8 Å². The van der Waals surface area contributed by atoms with Gasteiger partial charge in [-0.2, -0.15) is 4.68 Å². The molecule has 0 aliphatic heterocycles. The summed E-state index contributed by atoms with van der Waals surface area (Å²) >= 11 is 0. The van der Waals surface area contributed by atoms with Crippen molar-refractivity contribution in [3.05, 3.63) is 65.5 Å². The number of nitrogens with one attached hydrogen (secondary N) is 1. The van der Waals surface area contributed by atoms with Crippen LogP contribution in [0.2, 0.25) is 0 Å².